The summed E-state index contributed by atoms with van der Waals surface area (Å²) in [5.41, 5.74) is 0.262. The number of carbonyl (C=O) groups is 2. The molecule has 0 aromatic rings. The fourth-order valence-electron chi connectivity index (χ4n) is 2.03. The summed E-state index contributed by atoms with van der Waals surface area (Å²) in [6.07, 6.45) is -1.28. The lowest BCUT2D eigenvalue weighted by Gasteiger charge is -2.31. The normalized spacial score (nSPS) is 12.4. The zero-order valence-electron chi connectivity index (χ0n) is 15.9. The van der Waals surface area contributed by atoms with Gasteiger partial charge >= 0.3 is 20.9 Å². The van der Waals surface area contributed by atoms with Crippen molar-refractivity contribution in [3.05, 3.63) is 12.2 Å². The molecule has 0 saturated carbocycles. The zero-order chi connectivity index (χ0) is 19.3. The van der Waals surface area contributed by atoms with Gasteiger partial charge in [0.25, 0.3) is 0 Å². The van der Waals surface area contributed by atoms with Crippen molar-refractivity contribution in [2.75, 3.05) is 33.0 Å². The van der Waals surface area contributed by atoms with Gasteiger partial charge in [0.05, 0.1) is 19.2 Å². The summed E-state index contributed by atoms with van der Waals surface area (Å²) in [6.45, 7) is 13.8. The third-order valence-corrected chi connectivity index (χ3v) is 6.08. The molecule has 25 heavy (non-hydrogen) atoms. The minimum atomic E-state index is -3.05. The Kier molecular flexibility index (Phi) is 12.1. The van der Waals surface area contributed by atoms with E-state index in [1.54, 1.807) is 13.8 Å². The lowest BCUT2D eigenvalue weighted by Crippen LogP contribution is -2.51. The molecule has 146 valence electrons. The Bertz CT molecular complexity index is 414. The third kappa shape index (κ3) is 9.59. The van der Waals surface area contributed by atoms with E-state index in [1.807, 2.05) is 20.8 Å². The predicted octanol–water partition coefficient (Wildman–Crippen LogP) is 2.27. The molecule has 1 amide bonds. The second-order valence-corrected chi connectivity index (χ2v) is 7.74. The summed E-state index contributed by atoms with van der Waals surface area (Å²) < 4.78 is 27.6. The molecule has 0 aliphatic rings. The van der Waals surface area contributed by atoms with Crippen LogP contribution in [0.2, 0.25) is 6.04 Å². The van der Waals surface area contributed by atoms with Crippen LogP contribution in [0.15, 0.2) is 12.2 Å². The quantitative estimate of drug-likeness (QED) is 0.299. The number of rotatable bonds is 13. The number of hydrogen-bond donors (Lipinski definition) is 1. The van der Waals surface area contributed by atoms with Gasteiger partial charge in [0.1, 0.15) is 6.10 Å². The van der Waals surface area contributed by atoms with Crippen molar-refractivity contribution in [1.82, 2.24) is 5.32 Å². The molecule has 0 bridgehead atoms. The van der Waals surface area contributed by atoms with Gasteiger partial charge in [0, 0.05) is 25.4 Å². The second kappa shape index (κ2) is 12.9. The molecule has 0 aliphatic heterocycles. The number of esters is 1. The second-order valence-electron chi connectivity index (χ2n) is 5.10. The highest BCUT2D eigenvalue weighted by Gasteiger charge is 2.44. The first kappa shape index (κ1) is 23.6. The van der Waals surface area contributed by atoms with E-state index in [4.69, 9.17) is 22.8 Å². The fourth-order valence-corrected chi connectivity index (χ4v) is 4.74. The van der Waals surface area contributed by atoms with E-state index in [-0.39, 0.29) is 24.8 Å². The molecule has 1 N–H and O–H groups in total. The maximum Gasteiger partial charge on any atom is 0.504 e. The number of amides is 1. The molecule has 0 fully saturated rings. The van der Waals surface area contributed by atoms with E-state index in [2.05, 4.69) is 11.9 Å². The average Bonchev–Trinajstić information content (AvgIpc) is 2.53. The molecule has 0 aliphatic carbocycles. The van der Waals surface area contributed by atoms with Crippen molar-refractivity contribution in [2.45, 2.75) is 46.8 Å². The molecule has 0 aromatic heterocycles. The zero-order valence-corrected chi connectivity index (χ0v) is 16.9. The Labute approximate surface area is 151 Å². The molecule has 0 saturated heterocycles. The summed E-state index contributed by atoms with van der Waals surface area (Å²) in [5, 5.41) is 2.56. The SMILES string of the molecule is C=C(C)C(=O)OC(CNC(=O)OCC)C[Si](OCC)(OCC)OCC. The van der Waals surface area contributed by atoms with Gasteiger partial charge in [0.2, 0.25) is 0 Å². The van der Waals surface area contributed by atoms with Crippen LogP contribution in [0, 0.1) is 0 Å². The van der Waals surface area contributed by atoms with Gasteiger partial charge < -0.3 is 28.1 Å². The van der Waals surface area contributed by atoms with Crippen LogP contribution in [0.4, 0.5) is 4.79 Å². The van der Waals surface area contributed by atoms with Crippen molar-refractivity contribution in [3.8, 4) is 0 Å². The summed E-state index contributed by atoms with van der Waals surface area (Å²) >= 11 is 0. The molecular weight excluding hydrogens is 346 g/mol. The van der Waals surface area contributed by atoms with Gasteiger partial charge in [0.15, 0.2) is 0 Å². The maximum absolute atomic E-state index is 11.9. The van der Waals surface area contributed by atoms with E-state index in [0.29, 0.717) is 19.8 Å². The van der Waals surface area contributed by atoms with Crippen LogP contribution in [0.1, 0.15) is 34.6 Å². The molecule has 8 nitrogen and oxygen atoms in total. The molecule has 0 spiro atoms. The summed E-state index contributed by atoms with van der Waals surface area (Å²) in [7, 11) is -3.05. The van der Waals surface area contributed by atoms with E-state index < -0.39 is 27.0 Å². The molecule has 0 aromatic carbocycles. The first-order chi connectivity index (χ1) is 11.8. The van der Waals surface area contributed by atoms with Gasteiger partial charge in [-0.25, -0.2) is 9.59 Å². The van der Waals surface area contributed by atoms with Gasteiger partial charge in [-0.1, -0.05) is 6.58 Å². The van der Waals surface area contributed by atoms with Crippen molar-refractivity contribution < 1.29 is 32.3 Å². The van der Waals surface area contributed by atoms with Crippen LogP contribution in [-0.4, -0.2) is 59.9 Å². The highest BCUT2D eigenvalue weighted by molar-refractivity contribution is 6.60. The van der Waals surface area contributed by atoms with Crippen LogP contribution < -0.4 is 5.32 Å². The Morgan fingerprint density at radius 3 is 1.92 bits per heavy atom. The van der Waals surface area contributed by atoms with Crippen molar-refractivity contribution >= 4 is 20.9 Å². The Hall–Kier alpha value is -1.42. The van der Waals surface area contributed by atoms with Gasteiger partial charge in [-0.15, -0.1) is 0 Å². The Balaban J connectivity index is 5.19. The molecule has 1 unspecified atom stereocenters. The topological polar surface area (TPSA) is 92.3 Å². The largest absolute Gasteiger partial charge is 0.504 e. The van der Waals surface area contributed by atoms with E-state index in [0.717, 1.165) is 0 Å². The highest BCUT2D eigenvalue weighted by Crippen LogP contribution is 2.20. The maximum atomic E-state index is 11.9. The third-order valence-electron chi connectivity index (χ3n) is 2.94. The fraction of sp³-hybridized carbons (Fsp3) is 0.750. The van der Waals surface area contributed by atoms with E-state index >= 15 is 0 Å². The molecule has 0 rings (SSSR count). The van der Waals surface area contributed by atoms with Crippen LogP contribution >= 0.6 is 0 Å². The molecular formula is C16H31NO7Si. The number of carbonyl (C=O) groups excluding carboxylic acids is 2. The van der Waals surface area contributed by atoms with Crippen molar-refractivity contribution in [2.24, 2.45) is 0 Å². The first-order valence-electron chi connectivity index (χ1n) is 8.52. The van der Waals surface area contributed by atoms with Crippen LogP contribution in [0.5, 0.6) is 0 Å². The van der Waals surface area contributed by atoms with Crippen molar-refractivity contribution in [1.29, 1.82) is 0 Å². The standard InChI is InChI=1S/C16H31NO7Si/c1-7-20-16(19)17-11-14(24-15(18)13(5)6)12-25(21-8-2,22-9-3)23-10-4/h14H,5,7-12H2,1-4,6H3,(H,17,19). The van der Waals surface area contributed by atoms with Gasteiger partial charge in [-0.2, -0.15) is 0 Å². The predicted molar refractivity (Wildman–Crippen MR) is 95.2 cm³/mol. The number of alkyl carbamates (subject to hydrolysis) is 1. The van der Waals surface area contributed by atoms with E-state index in [9.17, 15) is 9.59 Å². The number of nitrogens with one attached hydrogen (secondary N) is 1. The van der Waals surface area contributed by atoms with Crippen molar-refractivity contribution in [3.63, 3.8) is 0 Å². The monoisotopic (exact) mass is 377 g/mol. The average molecular weight is 378 g/mol. The minimum Gasteiger partial charge on any atom is -0.457 e. The van der Waals surface area contributed by atoms with Gasteiger partial charge in [-0.3, -0.25) is 0 Å². The van der Waals surface area contributed by atoms with Gasteiger partial charge in [-0.05, 0) is 34.6 Å². The van der Waals surface area contributed by atoms with Crippen LogP contribution in [0.25, 0.3) is 0 Å². The Morgan fingerprint density at radius 2 is 1.52 bits per heavy atom. The highest BCUT2D eigenvalue weighted by atomic mass is 28.4. The molecule has 0 heterocycles. The van der Waals surface area contributed by atoms with E-state index in [1.165, 1.54) is 0 Å². The molecule has 0 radical (unpaired) electrons. The number of hydrogen-bond acceptors (Lipinski definition) is 7. The minimum absolute atomic E-state index is 0.0554. The lowest BCUT2D eigenvalue weighted by molar-refractivity contribution is -0.143. The smallest absolute Gasteiger partial charge is 0.457 e. The summed E-state index contributed by atoms with van der Waals surface area (Å²) in [4.78, 5) is 23.4. The Morgan fingerprint density at radius 1 is 1.00 bits per heavy atom. The first-order valence-corrected chi connectivity index (χ1v) is 10.5. The van der Waals surface area contributed by atoms with Crippen LogP contribution in [0.3, 0.4) is 0 Å². The summed E-state index contributed by atoms with van der Waals surface area (Å²) in [5.74, 6) is -0.553. The molecule has 1 atom stereocenters. The molecule has 9 heteroatoms. The lowest BCUT2D eigenvalue weighted by atomic mass is 10.3. The summed E-state index contributed by atoms with van der Waals surface area (Å²) in [6, 6.07) is 0.216. The number of ether oxygens (including phenoxy) is 2. The van der Waals surface area contributed by atoms with Crippen LogP contribution in [-0.2, 0) is 27.5 Å².